The number of aliphatic hydroxyl groups excluding tert-OH is 1. The van der Waals surface area contributed by atoms with Crippen LogP contribution < -0.4 is 10.2 Å². The van der Waals surface area contributed by atoms with Crippen LogP contribution in [0.4, 0.5) is 0 Å². The molecule has 0 rings (SSSR count). The third kappa shape index (κ3) is 55.8. The number of rotatable bonds is 55. The van der Waals surface area contributed by atoms with Crippen LogP contribution in [0.3, 0.4) is 0 Å². The second kappa shape index (κ2) is 53.0. The molecular weight excluding hydrogens is 900 g/mol. The molecule has 71 heavy (non-hydrogen) atoms. The first-order chi connectivity index (χ1) is 34.5. The van der Waals surface area contributed by atoms with E-state index in [1.807, 2.05) is 21.1 Å². The molecule has 0 saturated carbocycles. The highest BCUT2D eigenvalue weighted by Crippen LogP contribution is 2.38. The van der Waals surface area contributed by atoms with Crippen molar-refractivity contribution in [1.29, 1.82) is 0 Å². The summed E-state index contributed by atoms with van der Waals surface area (Å²) in [6.07, 6.45) is 71.5. The standard InChI is InChI=1S/C62H117N2O6P/c1-6-8-10-12-14-16-18-20-22-24-25-26-27-28-29-30-31-32-33-34-35-36-37-38-40-41-43-45-47-49-51-53-55-61(65)60(59-70-71(67,68)69-58-57-64(3,4)5)63-62(66)56-54-52-50-48-46-44-42-39-23-21-19-17-15-13-11-9-7-2/h9,11,15,17,21,23,42,44,48,50,60-61,65H,6-8,10,12-14,16,18-20,22,24-41,43,45-47,49,51-59H2,1-5H3,(H-,63,66,67,68)/b11-9-,17-15-,23-21-,44-42-,50-48-. The fourth-order valence-electron chi connectivity index (χ4n) is 8.84. The Labute approximate surface area is 441 Å². The van der Waals surface area contributed by atoms with Crippen molar-refractivity contribution in [2.24, 2.45) is 0 Å². The van der Waals surface area contributed by atoms with Crippen LogP contribution in [0, 0.1) is 0 Å². The zero-order valence-corrected chi connectivity index (χ0v) is 48.3. The van der Waals surface area contributed by atoms with E-state index >= 15 is 0 Å². The van der Waals surface area contributed by atoms with Crippen molar-refractivity contribution in [3.8, 4) is 0 Å². The number of amides is 1. The van der Waals surface area contributed by atoms with Crippen LogP contribution in [-0.2, 0) is 18.4 Å². The van der Waals surface area contributed by atoms with Gasteiger partial charge in [0, 0.05) is 6.42 Å². The number of aliphatic hydroxyl groups is 1. The quantitative estimate of drug-likeness (QED) is 0.0272. The first kappa shape index (κ1) is 69.2. The Morgan fingerprint density at radius 3 is 1.20 bits per heavy atom. The van der Waals surface area contributed by atoms with Gasteiger partial charge in [0.1, 0.15) is 13.2 Å². The SMILES string of the molecule is CC/C=C\C/C=C\C/C=C\C/C=C\C/C=C\CCCC(=O)NC(COP(=O)([O-])OCC[N+](C)(C)C)C(O)CCCCCCCCCCCCCCCCCCCCCCCCCCCCCCCCCC. The Bertz CT molecular complexity index is 1340. The largest absolute Gasteiger partial charge is 0.756 e. The summed E-state index contributed by atoms with van der Waals surface area (Å²) in [5.41, 5.74) is 0. The third-order valence-electron chi connectivity index (χ3n) is 13.5. The van der Waals surface area contributed by atoms with Crippen molar-refractivity contribution < 1.29 is 32.9 Å². The normalized spacial score (nSPS) is 14.3. The number of phosphoric ester groups is 1. The number of likely N-dealkylation sites (N-methyl/N-ethyl adjacent to an activating group) is 1. The van der Waals surface area contributed by atoms with Gasteiger partial charge in [-0.15, -0.1) is 0 Å². The van der Waals surface area contributed by atoms with Gasteiger partial charge in [0.25, 0.3) is 7.82 Å². The molecule has 0 aromatic heterocycles. The molecule has 1 amide bonds. The molecule has 3 atom stereocenters. The summed E-state index contributed by atoms with van der Waals surface area (Å²) in [6, 6.07) is -0.834. The Morgan fingerprint density at radius 2 is 0.845 bits per heavy atom. The number of quaternary nitrogens is 1. The maximum atomic E-state index is 12.9. The van der Waals surface area contributed by atoms with E-state index in [1.165, 1.54) is 186 Å². The number of hydrogen-bond donors (Lipinski definition) is 2. The van der Waals surface area contributed by atoms with E-state index in [0.717, 1.165) is 57.8 Å². The van der Waals surface area contributed by atoms with Crippen molar-refractivity contribution in [1.82, 2.24) is 5.32 Å². The molecule has 0 aromatic carbocycles. The first-order valence-electron chi connectivity index (χ1n) is 30.1. The highest BCUT2D eigenvalue weighted by Gasteiger charge is 2.24. The van der Waals surface area contributed by atoms with Crippen LogP contribution in [0.25, 0.3) is 0 Å². The number of unbranched alkanes of at least 4 members (excludes halogenated alkanes) is 32. The van der Waals surface area contributed by atoms with Crippen molar-refractivity contribution in [2.45, 2.75) is 289 Å². The minimum Gasteiger partial charge on any atom is -0.756 e. The maximum Gasteiger partial charge on any atom is 0.268 e. The van der Waals surface area contributed by atoms with E-state index in [9.17, 15) is 19.4 Å². The predicted octanol–water partition coefficient (Wildman–Crippen LogP) is 17.9. The van der Waals surface area contributed by atoms with Crippen LogP contribution in [0.1, 0.15) is 277 Å². The molecular formula is C62H117N2O6P. The second-order valence-corrected chi connectivity index (χ2v) is 23.1. The van der Waals surface area contributed by atoms with Crippen LogP contribution >= 0.6 is 7.82 Å². The molecule has 0 radical (unpaired) electrons. The van der Waals surface area contributed by atoms with E-state index in [1.54, 1.807) is 0 Å². The average Bonchev–Trinajstić information content (AvgIpc) is 3.33. The van der Waals surface area contributed by atoms with Crippen LogP contribution in [0.15, 0.2) is 60.8 Å². The Hall–Kier alpha value is -1.80. The van der Waals surface area contributed by atoms with Crippen LogP contribution in [0.2, 0.25) is 0 Å². The molecule has 9 heteroatoms. The van der Waals surface area contributed by atoms with Gasteiger partial charge in [0.2, 0.25) is 5.91 Å². The van der Waals surface area contributed by atoms with E-state index < -0.39 is 20.0 Å². The average molecular weight is 1020 g/mol. The Balaban J connectivity index is 4.09. The number of carbonyl (C=O) groups excluding carboxylic acids is 1. The van der Waals surface area contributed by atoms with Gasteiger partial charge < -0.3 is 28.8 Å². The third-order valence-corrected chi connectivity index (χ3v) is 14.5. The molecule has 8 nitrogen and oxygen atoms in total. The molecule has 416 valence electrons. The fraction of sp³-hybridized carbons (Fsp3) is 0.823. The molecule has 0 aliphatic heterocycles. The van der Waals surface area contributed by atoms with Gasteiger partial charge in [-0.3, -0.25) is 9.36 Å². The summed E-state index contributed by atoms with van der Waals surface area (Å²) in [6.45, 7) is 4.58. The molecule has 0 fully saturated rings. The topological polar surface area (TPSA) is 108 Å². The number of nitrogens with one attached hydrogen (secondary N) is 1. The molecule has 0 saturated heterocycles. The summed E-state index contributed by atoms with van der Waals surface area (Å²) in [5.74, 6) is -0.220. The van der Waals surface area contributed by atoms with E-state index in [0.29, 0.717) is 23.9 Å². The van der Waals surface area contributed by atoms with E-state index in [-0.39, 0.29) is 25.5 Å². The summed E-state index contributed by atoms with van der Waals surface area (Å²) >= 11 is 0. The Morgan fingerprint density at radius 1 is 0.507 bits per heavy atom. The first-order valence-corrected chi connectivity index (χ1v) is 31.6. The molecule has 0 bridgehead atoms. The van der Waals surface area contributed by atoms with Gasteiger partial charge in [-0.2, -0.15) is 0 Å². The van der Waals surface area contributed by atoms with E-state index in [4.69, 9.17) is 9.05 Å². The smallest absolute Gasteiger partial charge is 0.268 e. The molecule has 0 aliphatic rings. The Kier molecular flexibility index (Phi) is 51.7. The molecule has 2 N–H and O–H groups in total. The van der Waals surface area contributed by atoms with Crippen molar-refractivity contribution in [3.63, 3.8) is 0 Å². The lowest BCUT2D eigenvalue weighted by atomic mass is 10.0. The summed E-state index contributed by atoms with van der Waals surface area (Å²) in [7, 11) is 1.27. The molecule has 0 heterocycles. The van der Waals surface area contributed by atoms with Gasteiger partial charge >= 0.3 is 0 Å². The zero-order chi connectivity index (χ0) is 52.0. The number of phosphoric acid groups is 1. The number of carbonyl (C=O) groups is 1. The van der Waals surface area contributed by atoms with Gasteiger partial charge in [0.05, 0.1) is 39.9 Å². The molecule has 0 aliphatic carbocycles. The number of allylic oxidation sites excluding steroid dienone is 10. The number of hydrogen-bond acceptors (Lipinski definition) is 6. The monoisotopic (exact) mass is 1020 g/mol. The lowest BCUT2D eigenvalue weighted by molar-refractivity contribution is -0.870. The lowest BCUT2D eigenvalue weighted by Crippen LogP contribution is -2.46. The summed E-state index contributed by atoms with van der Waals surface area (Å²) in [5, 5.41) is 14.0. The van der Waals surface area contributed by atoms with Gasteiger partial charge in [-0.1, -0.05) is 280 Å². The number of nitrogens with zero attached hydrogens (tertiary/aromatic N) is 1. The molecule has 3 unspecified atom stereocenters. The lowest BCUT2D eigenvalue weighted by Gasteiger charge is -2.30. The van der Waals surface area contributed by atoms with Crippen LogP contribution in [-0.4, -0.2) is 68.5 Å². The zero-order valence-electron chi connectivity index (χ0n) is 47.4. The van der Waals surface area contributed by atoms with Crippen molar-refractivity contribution in [3.05, 3.63) is 60.8 Å². The highest BCUT2D eigenvalue weighted by molar-refractivity contribution is 7.45. The van der Waals surface area contributed by atoms with Crippen molar-refractivity contribution >= 4 is 13.7 Å². The van der Waals surface area contributed by atoms with Gasteiger partial charge in [-0.05, 0) is 51.4 Å². The summed E-state index contributed by atoms with van der Waals surface area (Å²) < 4.78 is 23.4. The molecule has 0 aromatic rings. The molecule has 0 spiro atoms. The van der Waals surface area contributed by atoms with Crippen LogP contribution in [0.5, 0.6) is 0 Å². The van der Waals surface area contributed by atoms with Crippen molar-refractivity contribution in [2.75, 3.05) is 40.9 Å². The second-order valence-electron chi connectivity index (χ2n) is 21.7. The highest BCUT2D eigenvalue weighted by atomic mass is 31.2. The fourth-order valence-corrected chi connectivity index (χ4v) is 9.57. The minimum atomic E-state index is -4.59. The van der Waals surface area contributed by atoms with Gasteiger partial charge in [-0.25, -0.2) is 0 Å². The maximum absolute atomic E-state index is 12.9. The predicted molar refractivity (Wildman–Crippen MR) is 307 cm³/mol. The van der Waals surface area contributed by atoms with E-state index in [2.05, 4.69) is 79.9 Å². The summed E-state index contributed by atoms with van der Waals surface area (Å²) in [4.78, 5) is 25.5. The minimum absolute atomic E-state index is 0.000637. The van der Waals surface area contributed by atoms with Gasteiger partial charge in [0.15, 0.2) is 0 Å².